The number of hydrogen-bond acceptors (Lipinski definition) is 9. The normalized spacial score (nSPS) is 13.0. The van der Waals surface area contributed by atoms with Crippen molar-refractivity contribution in [3.8, 4) is 23.0 Å². The average molecular weight is 578 g/mol. The van der Waals surface area contributed by atoms with Gasteiger partial charge >= 0.3 is 6.09 Å². The lowest BCUT2D eigenvalue weighted by molar-refractivity contribution is -0.124. The van der Waals surface area contributed by atoms with Crippen molar-refractivity contribution in [1.82, 2.24) is 10.7 Å². The van der Waals surface area contributed by atoms with Crippen LogP contribution in [0.3, 0.4) is 0 Å². The van der Waals surface area contributed by atoms with Crippen LogP contribution in [0.25, 0.3) is 0 Å². The minimum absolute atomic E-state index is 0.0846. The number of nitrogens with one attached hydrogen (secondary N) is 2. The molecule has 1 atom stereocenters. The zero-order valence-corrected chi connectivity index (χ0v) is 24.0. The lowest BCUT2D eigenvalue weighted by atomic mass is 10.2. The number of carbonyl (C=O) groups excluding carboxylic acids is 2. The molecular formula is C31H35N3O8. The van der Waals surface area contributed by atoms with Crippen LogP contribution in [0.1, 0.15) is 37.5 Å². The molecule has 0 spiro atoms. The topological polar surface area (TPSA) is 126 Å². The molecular weight excluding hydrogens is 542 g/mol. The van der Waals surface area contributed by atoms with Gasteiger partial charge in [0.1, 0.15) is 18.2 Å². The lowest BCUT2D eigenvalue weighted by Gasteiger charge is -2.22. The van der Waals surface area contributed by atoms with Gasteiger partial charge in [-0.1, -0.05) is 36.4 Å². The van der Waals surface area contributed by atoms with Gasteiger partial charge in [-0.3, -0.25) is 4.79 Å². The molecule has 3 aromatic carbocycles. The molecule has 11 nitrogen and oxygen atoms in total. The molecule has 1 aliphatic rings. The number of carbonyl (C=O) groups is 2. The largest absolute Gasteiger partial charge is 0.493 e. The van der Waals surface area contributed by atoms with Crippen molar-refractivity contribution in [3.05, 3.63) is 83.4 Å². The molecule has 0 unspecified atom stereocenters. The number of hydrogen-bond donors (Lipinski definition) is 2. The first-order valence-corrected chi connectivity index (χ1v) is 13.3. The molecule has 4 rings (SSSR count). The third-order valence-electron chi connectivity index (χ3n) is 5.81. The maximum Gasteiger partial charge on any atom is 0.408 e. The fourth-order valence-electron chi connectivity index (χ4n) is 3.83. The highest BCUT2D eigenvalue weighted by Crippen LogP contribution is 2.33. The second-order valence-electron chi connectivity index (χ2n) is 10.3. The van der Waals surface area contributed by atoms with E-state index in [0.29, 0.717) is 35.2 Å². The van der Waals surface area contributed by atoms with Gasteiger partial charge in [-0.2, -0.15) is 5.10 Å². The van der Waals surface area contributed by atoms with Crippen LogP contribution >= 0.6 is 0 Å². The molecule has 2 amide bonds. The Bertz CT molecular complexity index is 1390. The lowest BCUT2D eigenvalue weighted by Crippen LogP contribution is -2.49. The number of amides is 2. The Hall–Kier alpha value is -4.77. The van der Waals surface area contributed by atoms with Crippen LogP contribution in [0.5, 0.6) is 23.0 Å². The Morgan fingerprint density at radius 1 is 0.952 bits per heavy atom. The van der Waals surface area contributed by atoms with E-state index in [2.05, 4.69) is 15.8 Å². The van der Waals surface area contributed by atoms with Gasteiger partial charge in [0.05, 0.1) is 26.5 Å². The molecule has 42 heavy (non-hydrogen) atoms. The molecule has 2 N–H and O–H groups in total. The van der Waals surface area contributed by atoms with Crippen LogP contribution in [-0.2, 0) is 27.5 Å². The van der Waals surface area contributed by atoms with E-state index in [9.17, 15) is 9.59 Å². The minimum atomic E-state index is -1.04. The van der Waals surface area contributed by atoms with Crippen molar-refractivity contribution in [2.45, 2.75) is 45.6 Å². The van der Waals surface area contributed by atoms with Gasteiger partial charge in [-0.05, 0) is 67.8 Å². The molecule has 0 aliphatic carbocycles. The fourth-order valence-corrected chi connectivity index (χ4v) is 3.83. The summed E-state index contributed by atoms with van der Waals surface area (Å²) in [6, 6.07) is 19.3. The van der Waals surface area contributed by atoms with E-state index in [0.717, 1.165) is 11.1 Å². The second kappa shape index (κ2) is 14.2. The van der Waals surface area contributed by atoms with Crippen molar-refractivity contribution >= 4 is 18.2 Å². The zero-order valence-electron chi connectivity index (χ0n) is 24.0. The minimum Gasteiger partial charge on any atom is -0.493 e. The van der Waals surface area contributed by atoms with Gasteiger partial charge in [0.15, 0.2) is 23.0 Å². The third-order valence-corrected chi connectivity index (χ3v) is 5.81. The van der Waals surface area contributed by atoms with Crippen LogP contribution in [0.2, 0.25) is 0 Å². The fraction of sp³-hybridized carbons (Fsp3) is 0.323. The van der Waals surface area contributed by atoms with Crippen LogP contribution in [0.4, 0.5) is 4.79 Å². The Morgan fingerprint density at radius 3 is 2.50 bits per heavy atom. The molecule has 222 valence electrons. The van der Waals surface area contributed by atoms with E-state index < -0.39 is 23.6 Å². The number of ether oxygens (including phenoxy) is 6. The molecule has 11 heteroatoms. The molecule has 3 aromatic rings. The summed E-state index contributed by atoms with van der Waals surface area (Å²) < 4.78 is 33.2. The smallest absolute Gasteiger partial charge is 0.408 e. The van der Waals surface area contributed by atoms with Crippen LogP contribution < -0.4 is 29.7 Å². The molecule has 0 bridgehead atoms. The van der Waals surface area contributed by atoms with Gasteiger partial charge in [-0.25, -0.2) is 10.2 Å². The van der Waals surface area contributed by atoms with Gasteiger partial charge in [0.2, 0.25) is 6.79 Å². The zero-order chi connectivity index (χ0) is 30.0. The van der Waals surface area contributed by atoms with Crippen molar-refractivity contribution in [2.75, 3.05) is 20.5 Å². The Labute approximate surface area is 244 Å². The third kappa shape index (κ3) is 9.13. The summed E-state index contributed by atoms with van der Waals surface area (Å²) in [6.45, 7) is 5.90. The monoisotopic (exact) mass is 577 g/mol. The van der Waals surface area contributed by atoms with Crippen LogP contribution in [0, 0.1) is 0 Å². The van der Waals surface area contributed by atoms with Gasteiger partial charge in [-0.15, -0.1) is 0 Å². The number of rotatable bonds is 12. The summed E-state index contributed by atoms with van der Waals surface area (Å²) in [4.78, 5) is 25.3. The average Bonchev–Trinajstić information content (AvgIpc) is 3.43. The van der Waals surface area contributed by atoms with Crippen molar-refractivity contribution in [2.24, 2.45) is 5.10 Å². The summed E-state index contributed by atoms with van der Waals surface area (Å²) in [5, 5.41) is 6.60. The van der Waals surface area contributed by atoms with Crippen LogP contribution in [0.15, 0.2) is 71.8 Å². The highest BCUT2D eigenvalue weighted by Gasteiger charge is 2.24. The maximum atomic E-state index is 12.9. The summed E-state index contributed by atoms with van der Waals surface area (Å²) in [7, 11) is 1.54. The standard InChI is InChI=1S/C31H35N3O8/c1-31(2,3)42-30(36)33-24(19-38-17-21-8-6-5-7-9-21)29(35)34-32-16-22-10-12-25(27(14-22)37-4)39-18-23-11-13-26-28(15-23)41-20-40-26/h5-16,24H,17-20H2,1-4H3,(H,33,36)(H,34,35)/b32-16-/t24-/m0/s1. The Balaban J connectivity index is 1.34. The Kier molecular flexibility index (Phi) is 10.2. The van der Waals surface area contributed by atoms with Crippen molar-refractivity contribution in [1.29, 1.82) is 0 Å². The molecule has 0 radical (unpaired) electrons. The predicted octanol–water partition coefficient (Wildman–Crippen LogP) is 4.56. The first-order chi connectivity index (χ1) is 20.2. The number of methoxy groups -OCH3 is 1. The van der Waals surface area contributed by atoms with Crippen molar-refractivity contribution < 1.29 is 38.0 Å². The Morgan fingerprint density at radius 2 is 1.74 bits per heavy atom. The SMILES string of the molecule is COc1cc(/C=N\NC(=O)[C@H](COCc2ccccc2)NC(=O)OC(C)(C)C)ccc1OCc1ccc2c(c1)OCO2. The van der Waals surface area contributed by atoms with E-state index in [-0.39, 0.29) is 20.0 Å². The number of nitrogens with zero attached hydrogens (tertiary/aromatic N) is 1. The molecule has 0 saturated carbocycles. The first-order valence-electron chi connectivity index (χ1n) is 13.3. The van der Waals surface area contributed by atoms with Crippen LogP contribution in [-0.4, -0.2) is 50.4 Å². The van der Waals surface area contributed by atoms with Gasteiger partial charge in [0, 0.05) is 0 Å². The van der Waals surface area contributed by atoms with Gasteiger partial charge in [0.25, 0.3) is 5.91 Å². The summed E-state index contributed by atoms with van der Waals surface area (Å²) in [6.07, 6.45) is 0.716. The summed E-state index contributed by atoms with van der Waals surface area (Å²) in [5.74, 6) is 1.85. The highest BCUT2D eigenvalue weighted by atomic mass is 16.7. The molecule has 0 saturated heterocycles. The maximum absolute atomic E-state index is 12.9. The molecule has 1 aliphatic heterocycles. The summed E-state index contributed by atoms with van der Waals surface area (Å²) >= 11 is 0. The number of hydrazone groups is 1. The van der Waals surface area contributed by atoms with E-state index in [1.807, 2.05) is 48.5 Å². The molecule has 0 aromatic heterocycles. The number of fused-ring (bicyclic) bond motifs is 1. The van der Waals surface area contributed by atoms with Crippen molar-refractivity contribution in [3.63, 3.8) is 0 Å². The summed E-state index contributed by atoms with van der Waals surface area (Å²) in [5.41, 5.74) is 4.23. The first kappa shape index (κ1) is 30.2. The van der Waals surface area contributed by atoms with E-state index in [4.69, 9.17) is 28.4 Å². The number of alkyl carbamates (subject to hydrolysis) is 1. The second-order valence-corrected chi connectivity index (χ2v) is 10.3. The van der Waals surface area contributed by atoms with E-state index in [1.54, 1.807) is 39.0 Å². The van der Waals surface area contributed by atoms with E-state index >= 15 is 0 Å². The van der Waals surface area contributed by atoms with E-state index in [1.165, 1.54) is 13.3 Å². The quantitative estimate of drug-likeness (QED) is 0.237. The number of benzene rings is 3. The highest BCUT2D eigenvalue weighted by molar-refractivity contribution is 5.87. The molecule has 1 heterocycles. The molecule has 0 fully saturated rings. The predicted molar refractivity (Wildman–Crippen MR) is 155 cm³/mol. The van der Waals surface area contributed by atoms with Gasteiger partial charge < -0.3 is 33.7 Å².